The van der Waals surface area contributed by atoms with Crippen molar-refractivity contribution >= 4 is 55.9 Å². The molecule has 1 aliphatic heterocycles. The molecule has 204 valence electrons. The molecule has 0 atom stereocenters. The highest BCUT2D eigenvalue weighted by Crippen LogP contribution is 2.38. The molecule has 3 N–H and O–H groups in total. The second kappa shape index (κ2) is 10.7. The molecule has 0 radical (unpaired) electrons. The lowest BCUT2D eigenvalue weighted by Crippen LogP contribution is -2.53. The summed E-state index contributed by atoms with van der Waals surface area (Å²) in [7, 11) is -3.82. The summed E-state index contributed by atoms with van der Waals surface area (Å²) in [6, 6.07) is 6.65. The summed E-state index contributed by atoms with van der Waals surface area (Å²) in [6.45, 7) is 0.566. The summed E-state index contributed by atoms with van der Waals surface area (Å²) in [6.07, 6.45) is -3.00. The summed E-state index contributed by atoms with van der Waals surface area (Å²) >= 11 is 7.12. The van der Waals surface area contributed by atoms with E-state index in [-0.39, 0.29) is 45.7 Å². The third kappa shape index (κ3) is 6.37. The van der Waals surface area contributed by atoms with Gasteiger partial charge in [0.1, 0.15) is 5.69 Å². The van der Waals surface area contributed by atoms with Gasteiger partial charge in [-0.1, -0.05) is 11.6 Å². The third-order valence-corrected chi connectivity index (χ3v) is 8.26. The molecule has 2 aromatic heterocycles. The lowest BCUT2D eigenvalue weighted by atomic mass is 9.99. The van der Waals surface area contributed by atoms with Gasteiger partial charge in [-0.3, -0.25) is 14.5 Å². The van der Waals surface area contributed by atoms with Crippen molar-refractivity contribution in [3.05, 3.63) is 57.1 Å². The van der Waals surface area contributed by atoms with Crippen molar-refractivity contribution in [1.82, 2.24) is 4.98 Å². The van der Waals surface area contributed by atoms with Gasteiger partial charge in [-0.25, -0.2) is 12.8 Å². The smallest absolute Gasteiger partial charge is 0.395 e. The standard InChI is InChI=1S/C23H21ClF4N4O4S2/c1-12-18(21-19(25)7-17(9-29-21)32-10-13(11-32)23(26,27)28)8-20(37-12)22(34)30-15-4-14(24)5-16(6-15)31-38(35,36)3-2-33/h4-9,13,31,33H,2-3,10-11H2,1H3,(H,30,34). The number of nitrogens with one attached hydrogen (secondary N) is 2. The van der Waals surface area contributed by atoms with Crippen LogP contribution in [0.4, 0.5) is 34.6 Å². The highest BCUT2D eigenvalue weighted by atomic mass is 35.5. The zero-order chi connectivity index (χ0) is 27.8. The van der Waals surface area contributed by atoms with E-state index in [0.717, 1.165) is 17.4 Å². The number of rotatable bonds is 8. The Morgan fingerprint density at radius 3 is 2.53 bits per heavy atom. The molecule has 1 saturated heterocycles. The first kappa shape index (κ1) is 28.1. The monoisotopic (exact) mass is 592 g/mol. The van der Waals surface area contributed by atoms with Crippen LogP contribution in [0, 0.1) is 18.7 Å². The average Bonchev–Trinajstić information content (AvgIpc) is 3.12. The molecule has 15 heteroatoms. The van der Waals surface area contributed by atoms with Crippen molar-refractivity contribution in [1.29, 1.82) is 0 Å². The van der Waals surface area contributed by atoms with Crippen LogP contribution >= 0.6 is 22.9 Å². The number of pyridine rings is 1. The summed E-state index contributed by atoms with van der Waals surface area (Å²) in [5, 5.41) is 11.6. The normalized spacial score (nSPS) is 14.3. The minimum Gasteiger partial charge on any atom is -0.395 e. The Labute approximate surface area is 224 Å². The van der Waals surface area contributed by atoms with E-state index >= 15 is 0 Å². The number of hydrogen-bond donors (Lipinski definition) is 3. The zero-order valence-electron chi connectivity index (χ0n) is 19.6. The SMILES string of the molecule is Cc1sc(C(=O)Nc2cc(Cl)cc(NS(=O)(=O)CCO)c2)cc1-c1ncc(N2CC(C(F)(F)F)C2)cc1F. The molecule has 0 unspecified atom stereocenters. The van der Waals surface area contributed by atoms with Crippen LogP contribution in [-0.4, -0.2) is 56.0 Å². The molecule has 4 rings (SSSR count). The average molecular weight is 593 g/mol. The number of aliphatic hydroxyl groups excluding tert-OH is 1. The predicted octanol–water partition coefficient (Wildman–Crippen LogP) is 4.90. The van der Waals surface area contributed by atoms with Crippen molar-refractivity contribution in [3.63, 3.8) is 0 Å². The van der Waals surface area contributed by atoms with Gasteiger partial charge in [0.2, 0.25) is 10.0 Å². The minimum absolute atomic E-state index is 0.0437. The first-order valence-corrected chi connectivity index (χ1v) is 13.9. The van der Waals surface area contributed by atoms with Crippen LogP contribution in [0.15, 0.2) is 36.5 Å². The van der Waals surface area contributed by atoms with Gasteiger partial charge in [0, 0.05) is 40.3 Å². The molecule has 38 heavy (non-hydrogen) atoms. The van der Waals surface area contributed by atoms with E-state index in [1.807, 2.05) is 0 Å². The molecule has 1 amide bonds. The lowest BCUT2D eigenvalue weighted by Gasteiger charge is -2.41. The molecule has 1 aliphatic rings. The van der Waals surface area contributed by atoms with Crippen LogP contribution < -0.4 is 14.9 Å². The maximum Gasteiger partial charge on any atom is 0.395 e. The summed E-state index contributed by atoms with van der Waals surface area (Å²) < 4.78 is 79.2. The maximum atomic E-state index is 14.9. The third-order valence-electron chi connectivity index (χ3n) is 5.72. The molecule has 0 spiro atoms. The molecule has 3 aromatic rings. The van der Waals surface area contributed by atoms with Crippen LogP contribution in [0.3, 0.4) is 0 Å². The number of aryl methyl sites for hydroxylation is 1. The Morgan fingerprint density at radius 1 is 1.21 bits per heavy atom. The zero-order valence-corrected chi connectivity index (χ0v) is 22.0. The largest absolute Gasteiger partial charge is 0.395 e. The lowest BCUT2D eigenvalue weighted by molar-refractivity contribution is -0.180. The molecule has 1 aromatic carbocycles. The molecule has 0 aliphatic carbocycles. The molecule has 3 heterocycles. The second-order valence-electron chi connectivity index (χ2n) is 8.58. The summed E-state index contributed by atoms with van der Waals surface area (Å²) in [5.74, 6) is -3.27. The Hall–Kier alpha value is -2.94. The van der Waals surface area contributed by atoms with E-state index in [9.17, 15) is 30.8 Å². The molecule has 1 fully saturated rings. The van der Waals surface area contributed by atoms with Crippen LogP contribution in [0.25, 0.3) is 11.3 Å². The fourth-order valence-corrected chi connectivity index (χ4v) is 5.76. The number of amides is 1. The molecule has 0 saturated carbocycles. The van der Waals surface area contributed by atoms with E-state index in [1.54, 1.807) is 6.92 Å². The molecular formula is C23H21ClF4N4O4S2. The van der Waals surface area contributed by atoms with Gasteiger partial charge in [0.15, 0.2) is 5.82 Å². The molecule has 0 bridgehead atoms. The van der Waals surface area contributed by atoms with Crippen molar-refractivity contribution in [3.8, 4) is 11.3 Å². The van der Waals surface area contributed by atoms with E-state index < -0.39 is 46.2 Å². The topological polar surface area (TPSA) is 112 Å². The van der Waals surface area contributed by atoms with Gasteiger partial charge >= 0.3 is 6.18 Å². The van der Waals surface area contributed by atoms with Gasteiger partial charge in [0.05, 0.1) is 40.7 Å². The number of benzene rings is 1. The first-order valence-electron chi connectivity index (χ1n) is 11.1. The van der Waals surface area contributed by atoms with Gasteiger partial charge in [-0.2, -0.15) is 13.2 Å². The number of carbonyl (C=O) groups excluding carboxylic acids is 1. The number of anilines is 3. The molecule has 8 nitrogen and oxygen atoms in total. The molecular weight excluding hydrogens is 572 g/mol. The fourth-order valence-electron chi connectivity index (χ4n) is 3.79. The van der Waals surface area contributed by atoms with Gasteiger partial charge in [-0.05, 0) is 31.2 Å². The number of aliphatic hydroxyl groups is 1. The number of halogens is 5. The van der Waals surface area contributed by atoms with Gasteiger partial charge in [-0.15, -0.1) is 11.3 Å². The van der Waals surface area contributed by atoms with Crippen molar-refractivity contribution in [2.24, 2.45) is 5.92 Å². The Bertz CT molecular complexity index is 1470. The number of carbonyl (C=O) groups is 1. The Kier molecular flexibility index (Phi) is 7.89. The van der Waals surface area contributed by atoms with E-state index in [4.69, 9.17) is 16.7 Å². The maximum absolute atomic E-state index is 14.9. The van der Waals surface area contributed by atoms with E-state index in [1.165, 1.54) is 35.4 Å². The van der Waals surface area contributed by atoms with Crippen LogP contribution in [-0.2, 0) is 10.0 Å². The van der Waals surface area contributed by atoms with Crippen molar-refractivity contribution in [2.45, 2.75) is 13.1 Å². The first-order chi connectivity index (χ1) is 17.8. The number of aromatic nitrogens is 1. The Morgan fingerprint density at radius 2 is 1.89 bits per heavy atom. The van der Waals surface area contributed by atoms with Crippen molar-refractivity contribution in [2.75, 3.05) is 40.4 Å². The van der Waals surface area contributed by atoms with Gasteiger partial charge in [0.25, 0.3) is 5.91 Å². The number of thiophene rings is 1. The minimum atomic E-state index is -4.30. The summed E-state index contributed by atoms with van der Waals surface area (Å²) in [5.41, 5.74) is 0.822. The van der Waals surface area contributed by atoms with E-state index in [2.05, 4.69) is 15.0 Å². The number of hydrogen-bond acceptors (Lipinski definition) is 7. The second-order valence-corrected chi connectivity index (χ2v) is 12.1. The number of alkyl halides is 3. The Balaban J connectivity index is 1.49. The van der Waals surface area contributed by atoms with Crippen LogP contribution in [0.5, 0.6) is 0 Å². The quantitative estimate of drug-likeness (QED) is 0.321. The number of sulfonamides is 1. The highest BCUT2D eigenvalue weighted by Gasteiger charge is 2.47. The fraction of sp³-hybridized carbons (Fsp3) is 0.304. The van der Waals surface area contributed by atoms with E-state index in [0.29, 0.717) is 10.4 Å². The van der Waals surface area contributed by atoms with Crippen molar-refractivity contribution < 1.29 is 35.9 Å². The van der Waals surface area contributed by atoms with Crippen LogP contribution in [0.2, 0.25) is 5.02 Å². The summed E-state index contributed by atoms with van der Waals surface area (Å²) in [4.78, 5) is 19.2. The number of nitrogens with zero attached hydrogens (tertiary/aromatic N) is 2. The van der Waals surface area contributed by atoms with Gasteiger partial charge < -0.3 is 15.3 Å². The highest BCUT2D eigenvalue weighted by molar-refractivity contribution is 7.92. The van der Waals surface area contributed by atoms with Crippen LogP contribution in [0.1, 0.15) is 14.5 Å². The predicted molar refractivity (Wildman–Crippen MR) is 138 cm³/mol.